The highest BCUT2D eigenvalue weighted by atomic mass is 32.2. The molecular formula is C14H11N2O2S-. The number of benzene rings is 1. The van der Waals surface area contributed by atoms with E-state index in [4.69, 9.17) is 0 Å². The van der Waals surface area contributed by atoms with E-state index in [-0.39, 0.29) is 5.75 Å². The minimum absolute atomic E-state index is 0.0510. The number of rotatable bonds is 3. The molecule has 1 unspecified atom stereocenters. The Labute approximate surface area is 112 Å². The number of aromatic nitrogens is 2. The van der Waals surface area contributed by atoms with Crippen LogP contribution in [0.4, 0.5) is 0 Å². The molecular weight excluding hydrogens is 260 g/mol. The van der Waals surface area contributed by atoms with E-state index in [0.717, 1.165) is 27.7 Å². The van der Waals surface area contributed by atoms with E-state index in [2.05, 4.69) is 16.0 Å². The summed E-state index contributed by atoms with van der Waals surface area (Å²) in [5.74, 6) is 0.0510. The van der Waals surface area contributed by atoms with Gasteiger partial charge in [-0.3, -0.25) is 4.21 Å². The predicted octanol–water partition coefficient (Wildman–Crippen LogP) is 2.61. The SMILES string of the molecule is O=S([O-])Cc1ccc(-c2cnc3[nH]ccc3c2)cc1. The van der Waals surface area contributed by atoms with Gasteiger partial charge in [0.1, 0.15) is 5.65 Å². The molecule has 4 nitrogen and oxygen atoms in total. The van der Waals surface area contributed by atoms with Crippen molar-refractivity contribution in [3.05, 3.63) is 54.4 Å². The van der Waals surface area contributed by atoms with E-state index in [0.29, 0.717) is 0 Å². The molecule has 2 heterocycles. The fourth-order valence-corrected chi connectivity index (χ4v) is 2.49. The number of nitrogens with one attached hydrogen (secondary N) is 1. The highest BCUT2D eigenvalue weighted by molar-refractivity contribution is 7.78. The van der Waals surface area contributed by atoms with E-state index < -0.39 is 11.1 Å². The summed E-state index contributed by atoms with van der Waals surface area (Å²) in [7, 11) is 0. The Hall–Kier alpha value is -1.98. The van der Waals surface area contributed by atoms with Gasteiger partial charge in [0, 0.05) is 29.1 Å². The van der Waals surface area contributed by atoms with Crippen molar-refractivity contribution in [3.8, 4) is 11.1 Å². The molecule has 3 aromatic rings. The molecule has 0 bridgehead atoms. The maximum absolute atomic E-state index is 10.6. The first-order chi connectivity index (χ1) is 9.22. The molecule has 19 heavy (non-hydrogen) atoms. The van der Waals surface area contributed by atoms with Gasteiger partial charge in [-0.25, -0.2) is 4.98 Å². The Morgan fingerprint density at radius 3 is 2.68 bits per heavy atom. The van der Waals surface area contributed by atoms with Crippen LogP contribution in [0.15, 0.2) is 48.8 Å². The lowest BCUT2D eigenvalue weighted by Gasteiger charge is -2.06. The molecule has 0 radical (unpaired) electrons. The Bertz CT molecular complexity index is 735. The Kier molecular flexibility index (Phi) is 3.15. The Balaban J connectivity index is 1.94. The minimum atomic E-state index is -2.05. The van der Waals surface area contributed by atoms with E-state index in [9.17, 15) is 8.76 Å². The van der Waals surface area contributed by atoms with Gasteiger partial charge in [-0.2, -0.15) is 0 Å². The lowest BCUT2D eigenvalue weighted by atomic mass is 10.1. The zero-order valence-corrected chi connectivity index (χ0v) is 10.8. The molecule has 0 saturated carbocycles. The third-order valence-corrected chi connectivity index (χ3v) is 3.54. The van der Waals surface area contributed by atoms with Crippen LogP contribution in [-0.4, -0.2) is 18.7 Å². The number of H-pyrrole nitrogens is 1. The van der Waals surface area contributed by atoms with Gasteiger partial charge in [0.15, 0.2) is 0 Å². The standard InChI is InChI=1S/C14H12N2O2S/c17-19(18)9-10-1-3-11(4-2-10)13-7-12-5-6-15-14(12)16-8-13/h1-8H,9H2,(H,15,16)(H,17,18)/p-1. The smallest absolute Gasteiger partial charge is 0.137 e. The van der Waals surface area contributed by atoms with Crippen molar-refractivity contribution in [2.45, 2.75) is 5.75 Å². The average Bonchev–Trinajstić information content (AvgIpc) is 2.86. The summed E-state index contributed by atoms with van der Waals surface area (Å²) < 4.78 is 21.3. The molecule has 1 atom stereocenters. The molecule has 0 aliphatic carbocycles. The summed E-state index contributed by atoms with van der Waals surface area (Å²) >= 11 is -2.05. The summed E-state index contributed by atoms with van der Waals surface area (Å²) in [6, 6.07) is 11.5. The number of pyridine rings is 1. The number of nitrogens with zero attached hydrogens (tertiary/aromatic N) is 1. The van der Waals surface area contributed by atoms with E-state index >= 15 is 0 Å². The maximum atomic E-state index is 10.6. The van der Waals surface area contributed by atoms with Crippen LogP contribution in [0.5, 0.6) is 0 Å². The first kappa shape index (κ1) is 12.1. The van der Waals surface area contributed by atoms with Crippen molar-refractivity contribution in [2.24, 2.45) is 0 Å². The molecule has 0 saturated heterocycles. The van der Waals surface area contributed by atoms with Crippen LogP contribution in [0.3, 0.4) is 0 Å². The molecule has 3 rings (SSSR count). The van der Waals surface area contributed by atoms with Crippen molar-refractivity contribution in [1.29, 1.82) is 0 Å². The van der Waals surface area contributed by atoms with Gasteiger partial charge < -0.3 is 9.54 Å². The second kappa shape index (κ2) is 4.95. The summed E-state index contributed by atoms with van der Waals surface area (Å²) in [4.78, 5) is 7.38. The topological polar surface area (TPSA) is 68.8 Å². The molecule has 0 spiro atoms. The Morgan fingerprint density at radius 1 is 1.16 bits per heavy atom. The summed E-state index contributed by atoms with van der Waals surface area (Å²) in [6.45, 7) is 0. The van der Waals surface area contributed by atoms with Crippen LogP contribution in [-0.2, 0) is 16.8 Å². The van der Waals surface area contributed by atoms with Crippen molar-refractivity contribution < 1.29 is 8.76 Å². The van der Waals surface area contributed by atoms with E-state index in [1.54, 1.807) is 6.20 Å². The van der Waals surface area contributed by atoms with Gasteiger partial charge in [0.2, 0.25) is 0 Å². The zero-order chi connectivity index (χ0) is 13.2. The lowest BCUT2D eigenvalue weighted by molar-refractivity contribution is 0.536. The fraction of sp³-hybridized carbons (Fsp3) is 0.0714. The number of hydrogen-bond donors (Lipinski definition) is 1. The molecule has 96 valence electrons. The average molecular weight is 271 g/mol. The lowest BCUT2D eigenvalue weighted by Crippen LogP contribution is -1.92. The molecule has 0 amide bonds. The van der Waals surface area contributed by atoms with E-state index in [1.165, 1.54) is 0 Å². The van der Waals surface area contributed by atoms with Gasteiger partial charge >= 0.3 is 0 Å². The van der Waals surface area contributed by atoms with Gasteiger partial charge in [-0.05, 0) is 23.3 Å². The molecule has 1 N–H and O–H groups in total. The molecule has 5 heteroatoms. The fourth-order valence-electron chi connectivity index (χ4n) is 2.03. The number of aromatic amines is 1. The summed E-state index contributed by atoms with van der Waals surface area (Å²) in [5.41, 5.74) is 3.69. The molecule has 2 aromatic heterocycles. The van der Waals surface area contributed by atoms with Crippen molar-refractivity contribution in [1.82, 2.24) is 9.97 Å². The van der Waals surface area contributed by atoms with Gasteiger partial charge in [-0.15, -0.1) is 0 Å². The monoisotopic (exact) mass is 271 g/mol. The van der Waals surface area contributed by atoms with Gasteiger partial charge in [0.05, 0.1) is 0 Å². The van der Waals surface area contributed by atoms with Crippen molar-refractivity contribution >= 4 is 22.1 Å². The zero-order valence-electron chi connectivity index (χ0n) is 10.00. The highest BCUT2D eigenvalue weighted by Gasteiger charge is 2.02. The third-order valence-electron chi connectivity index (χ3n) is 2.97. The predicted molar refractivity (Wildman–Crippen MR) is 74.2 cm³/mol. The van der Waals surface area contributed by atoms with Crippen LogP contribution >= 0.6 is 0 Å². The van der Waals surface area contributed by atoms with Crippen LogP contribution in [0.2, 0.25) is 0 Å². The van der Waals surface area contributed by atoms with Gasteiger partial charge in [0.25, 0.3) is 0 Å². The highest BCUT2D eigenvalue weighted by Crippen LogP contribution is 2.22. The third kappa shape index (κ3) is 2.57. The molecule has 1 aromatic carbocycles. The molecule has 0 fully saturated rings. The number of hydrogen-bond acceptors (Lipinski definition) is 3. The van der Waals surface area contributed by atoms with Crippen LogP contribution in [0.1, 0.15) is 5.56 Å². The van der Waals surface area contributed by atoms with Crippen LogP contribution < -0.4 is 0 Å². The second-order valence-electron chi connectivity index (χ2n) is 4.28. The maximum Gasteiger partial charge on any atom is 0.137 e. The molecule has 0 aliphatic rings. The minimum Gasteiger partial charge on any atom is -0.772 e. The largest absolute Gasteiger partial charge is 0.772 e. The first-order valence-electron chi connectivity index (χ1n) is 5.81. The summed E-state index contributed by atoms with van der Waals surface area (Å²) in [5, 5.41) is 1.06. The summed E-state index contributed by atoms with van der Waals surface area (Å²) in [6.07, 6.45) is 3.66. The second-order valence-corrected chi connectivity index (χ2v) is 5.18. The molecule has 0 aliphatic heterocycles. The van der Waals surface area contributed by atoms with Crippen molar-refractivity contribution in [2.75, 3.05) is 0 Å². The van der Waals surface area contributed by atoms with Gasteiger partial charge in [-0.1, -0.05) is 35.3 Å². The normalized spacial score (nSPS) is 12.7. The van der Waals surface area contributed by atoms with Crippen LogP contribution in [0, 0.1) is 0 Å². The van der Waals surface area contributed by atoms with E-state index in [1.807, 2.05) is 36.5 Å². The Morgan fingerprint density at radius 2 is 1.95 bits per heavy atom. The number of fused-ring (bicyclic) bond motifs is 1. The first-order valence-corrected chi connectivity index (χ1v) is 7.05. The van der Waals surface area contributed by atoms with Crippen molar-refractivity contribution in [3.63, 3.8) is 0 Å². The van der Waals surface area contributed by atoms with Crippen LogP contribution in [0.25, 0.3) is 22.2 Å². The quantitative estimate of drug-likeness (QED) is 0.744.